The van der Waals surface area contributed by atoms with Gasteiger partial charge >= 0.3 is 0 Å². The minimum atomic E-state index is -3.46. The number of hydrogen-bond acceptors (Lipinski definition) is 4. The number of nitrogens with zero attached hydrogens (tertiary/aromatic N) is 2. The topological polar surface area (TPSA) is 60.9 Å². The van der Waals surface area contributed by atoms with Gasteiger partial charge in [-0.3, -0.25) is 0 Å². The molecule has 2 rings (SSSR count). The molecule has 1 fully saturated rings. The maximum atomic E-state index is 12.7. The average molecular weight is 298 g/mol. The van der Waals surface area contributed by atoms with E-state index in [2.05, 4.69) is 4.90 Å². The molecule has 1 N–H and O–H groups in total. The molecule has 112 valence electrons. The summed E-state index contributed by atoms with van der Waals surface area (Å²) in [5.41, 5.74) is 1.57. The molecule has 1 aliphatic rings. The summed E-state index contributed by atoms with van der Waals surface area (Å²) in [6, 6.07) is 4.96. The zero-order valence-electron chi connectivity index (χ0n) is 12.0. The summed E-state index contributed by atoms with van der Waals surface area (Å²) < 4.78 is 26.8. The van der Waals surface area contributed by atoms with Gasteiger partial charge in [-0.1, -0.05) is 6.07 Å². The van der Waals surface area contributed by atoms with E-state index in [9.17, 15) is 13.5 Å². The number of sulfonamides is 1. The molecule has 1 aromatic carbocycles. The number of likely N-dealkylation sites (N-methyl/N-ethyl adjacent to an activating group) is 1. The smallest absolute Gasteiger partial charge is 0.243 e. The second-order valence-corrected chi connectivity index (χ2v) is 7.25. The van der Waals surface area contributed by atoms with Crippen molar-refractivity contribution >= 4 is 10.0 Å². The minimum absolute atomic E-state index is 0.141. The highest BCUT2D eigenvalue weighted by Crippen LogP contribution is 2.20. The van der Waals surface area contributed by atoms with Crippen LogP contribution in [0.2, 0.25) is 0 Å². The summed E-state index contributed by atoms with van der Waals surface area (Å²) in [6.07, 6.45) is 0.842. The van der Waals surface area contributed by atoms with E-state index in [1.54, 1.807) is 22.5 Å². The van der Waals surface area contributed by atoms with Crippen molar-refractivity contribution in [1.82, 2.24) is 9.21 Å². The highest BCUT2D eigenvalue weighted by atomic mass is 32.2. The monoisotopic (exact) mass is 298 g/mol. The van der Waals surface area contributed by atoms with Gasteiger partial charge in [0.05, 0.1) is 11.5 Å². The summed E-state index contributed by atoms with van der Waals surface area (Å²) in [7, 11) is -1.46. The lowest BCUT2D eigenvalue weighted by Gasteiger charge is -2.20. The van der Waals surface area contributed by atoms with Crippen LogP contribution in [0.1, 0.15) is 17.5 Å². The maximum absolute atomic E-state index is 12.7. The first-order valence-corrected chi connectivity index (χ1v) is 8.28. The quantitative estimate of drug-likeness (QED) is 0.897. The van der Waals surface area contributed by atoms with E-state index < -0.39 is 10.0 Å². The van der Waals surface area contributed by atoms with Gasteiger partial charge in [0.2, 0.25) is 10.0 Å². The van der Waals surface area contributed by atoms with Crippen LogP contribution in [-0.4, -0.2) is 56.0 Å². The molecule has 20 heavy (non-hydrogen) atoms. The Labute approximate surface area is 120 Å². The average Bonchev–Trinajstić information content (AvgIpc) is 2.64. The standard InChI is InChI=1S/C14H22N2O3S/c1-12-4-5-14(10-13(12)11-17)20(18,19)16-7-3-6-15(2)8-9-16/h4-5,10,17H,3,6-9,11H2,1-2H3. The summed E-state index contributed by atoms with van der Waals surface area (Å²) in [6.45, 7) is 4.46. The third-order valence-electron chi connectivity index (χ3n) is 3.81. The fourth-order valence-corrected chi connectivity index (χ4v) is 3.91. The predicted molar refractivity (Wildman–Crippen MR) is 78.0 cm³/mol. The second kappa shape index (κ2) is 6.22. The van der Waals surface area contributed by atoms with Crippen LogP contribution in [0, 0.1) is 6.92 Å². The summed E-state index contributed by atoms with van der Waals surface area (Å²) in [5, 5.41) is 9.28. The van der Waals surface area contributed by atoms with E-state index >= 15 is 0 Å². The molecule has 0 spiro atoms. The molecular weight excluding hydrogens is 276 g/mol. The highest BCUT2D eigenvalue weighted by molar-refractivity contribution is 7.89. The van der Waals surface area contributed by atoms with Crippen molar-refractivity contribution < 1.29 is 13.5 Å². The van der Waals surface area contributed by atoms with Crippen LogP contribution in [0.3, 0.4) is 0 Å². The number of aliphatic hydroxyl groups is 1. The third kappa shape index (κ3) is 3.20. The first kappa shape index (κ1) is 15.4. The van der Waals surface area contributed by atoms with Gasteiger partial charge in [0.15, 0.2) is 0 Å². The molecule has 0 bridgehead atoms. The number of hydrogen-bond donors (Lipinski definition) is 1. The lowest BCUT2D eigenvalue weighted by atomic mass is 10.1. The first-order chi connectivity index (χ1) is 9.45. The Morgan fingerprint density at radius 1 is 1.20 bits per heavy atom. The Balaban J connectivity index is 2.29. The van der Waals surface area contributed by atoms with Crippen molar-refractivity contribution in [2.45, 2.75) is 24.8 Å². The van der Waals surface area contributed by atoms with Gasteiger partial charge < -0.3 is 10.0 Å². The van der Waals surface area contributed by atoms with Gasteiger partial charge in [-0.05, 0) is 50.2 Å². The van der Waals surface area contributed by atoms with Gasteiger partial charge in [-0.15, -0.1) is 0 Å². The second-order valence-electron chi connectivity index (χ2n) is 5.31. The summed E-state index contributed by atoms with van der Waals surface area (Å²) in [5.74, 6) is 0. The number of aliphatic hydroxyl groups excluding tert-OH is 1. The molecule has 0 atom stereocenters. The van der Waals surface area contributed by atoms with Crippen molar-refractivity contribution in [3.63, 3.8) is 0 Å². The number of aryl methyl sites for hydroxylation is 1. The van der Waals surface area contributed by atoms with Gasteiger partial charge in [-0.2, -0.15) is 4.31 Å². The lowest BCUT2D eigenvalue weighted by Crippen LogP contribution is -2.34. The summed E-state index contributed by atoms with van der Waals surface area (Å²) >= 11 is 0. The maximum Gasteiger partial charge on any atom is 0.243 e. The Morgan fingerprint density at radius 2 is 1.95 bits per heavy atom. The van der Waals surface area contributed by atoms with Crippen LogP contribution < -0.4 is 0 Å². The van der Waals surface area contributed by atoms with Crippen molar-refractivity contribution in [1.29, 1.82) is 0 Å². The molecule has 6 heteroatoms. The van der Waals surface area contributed by atoms with Gasteiger partial charge in [0.25, 0.3) is 0 Å². The largest absolute Gasteiger partial charge is 0.392 e. The van der Waals surface area contributed by atoms with Crippen LogP contribution in [-0.2, 0) is 16.6 Å². The van der Waals surface area contributed by atoms with Crippen LogP contribution in [0.15, 0.2) is 23.1 Å². The van der Waals surface area contributed by atoms with Crippen molar-refractivity contribution in [3.8, 4) is 0 Å². The molecule has 0 saturated carbocycles. The molecule has 1 aromatic rings. The van der Waals surface area contributed by atoms with Crippen LogP contribution in [0.4, 0.5) is 0 Å². The molecule has 0 amide bonds. The van der Waals surface area contributed by atoms with E-state index in [0.29, 0.717) is 18.7 Å². The molecule has 0 unspecified atom stereocenters. The van der Waals surface area contributed by atoms with Gasteiger partial charge in [0, 0.05) is 19.6 Å². The third-order valence-corrected chi connectivity index (χ3v) is 5.70. The van der Waals surface area contributed by atoms with Crippen molar-refractivity contribution in [3.05, 3.63) is 29.3 Å². The van der Waals surface area contributed by atoms with Crippen molar-refractivity contribution in [2.75, 3.05) is 33.2 Å². The lowest BCUT2D eigenvalue weighted by molar-refractivity contribution is 0.280. The molecule has 0 radical (unpaired) electrons. The Morgan fingerprint density at radius 3 is 2.65 bits per heavy atom. The normalized spacial score (nSPS) is 18.9. The molecule has 1 aliphatic heterocycles. The SMILES string of the molecule is Cc1ccc(S(=O)(=O)N2CCCN(C)CC2)cc1CO. The number of rotatable bonds is 3. The molecule has 0 aromatic heterocycles. The minimum Gasteiger partial charge on any atom is -0.392 e. The first-order valence-electron chi connectivity index (χ1n) is 6.84. The molecule has 1 saturated heterocycles. The molecule has 0 aliphatic carbocycles. The van der Waals surface area contributed by atoms with Gasteiger partial charge in [-0.25, -0.2) is 8.42 Å². The zero-order valence-corrected chi connectivity index (χ0v) is 12.9. The zero-order chi connectivity index (χ0) is 14.8. The summed E-state index contributed by atoms with van der Waals surface area (Å²) in [4.78, 5) is 2.42. The fourth-order valence-electron chi connectivity index (χ4n) is 2.39. The highest BCUT2D eigenvalue weighted by Gasteiger charge is 2.26. The molecule has 5 nitrogen and oxygen atoms in total. The Bertz CT molecular complexity index is 572. The van der Waals surface area contributed by atoms with Crippen molar-refractivity contribution in [2.24, 2.45) is 0 Å². The predicted octanol–water partition coefficient (Wildman–Crippen LogP) is 0.814. The Hall–Kier alpha value is -0.950. The van der Waals surface area contributed by atoms with E-state index in [-0.39, 0.29) is 11.5 Å². The molecule has 1 heterocycles. The van der Waals surface area contributed by atoms with Gasteiger partial charge in [0.1, 0.15) is 0 Å². The van der Waals surface area contributed by atoms with E-state index in [0.717, 1.165) is 25.1 Å². The van der Waals surface area contributed by atoms with E-state index in [1.807, 2.05) is 14.0 Å². The van der Waals surface area contributed by atoms with Crippen LogP contribution >= 0.6 is 0 Å². The number of benzene rings is 1. The van der Waals surface area contributed by atoms with E-state index in [4.69, 9.17) is 0 Å². The molecular formula is C14H22N2O3S. The van der Waals surface area contributed by atoms with Crippen LogP contribution in [0.25, 0.3) is 0 Å². The van der Waals surface area contributed by atoms with Crippen LogP contribution in [0.5, 0.6) is 0 Å². The fraction of sp³-hybridized carbons (Fsp3) is 0.571. The van der Waals surface area contributed by atoms with E-state index in [1.165, 1.54) is 0 Å². The Kier molecular flexibility index (Phi) is 4.80.